The molecule has 0 saturated heterocycles. The lowest BCUT2D eigenvalue weighted by Crippen LogP contribution is -2.32. The lowest BCUT2D eigenvalue weighted by Gasteiger charge is -2.18. The molecule has 0 unspecified atom stereocenters. The average Bonchev–Trinajstić information content (AvgIpc) is 3.11. The zero-order chi connectivity index (χ0) is 24.5. The van der Waals surface area contributed by atoms with Gasteiger partial charge in [0, 0.05) is 31.4 Å². The number of rotatable bonds is 7. The maximum Gasteiger partial charge on any atom is 0.301 e. The third kappa shape index (κ3) is 5.01. The maximum atomic E-state index is 13.4. The Morgan fingerprint density at radius 2 is 1.91 bits per heavy atom. The molecule has 176 valence electrons. The van der Waals surface area contributed by atoms with Gasteiger partial charge in [0.25, 0.3) is 5.91 Å². The number of nitrogens with one attached hydrogen (secondary N) is 2. The predicted molar refractivity (Wildman–Crippen MR) is 128 cm³/mol. The second-order valence-electron chi connectivity index (χ2n) is 7.47. The van der Waals surface area contributed by atoms with Gasteiger partial charge in [-0.25, -0.2) is 4.39 Å². The van der Waals surface area contributed by atoms with Crippen LogP contribution in [-0.4, -0.2) is 40.4 Å². The Morgan fingerprint density at radius 3 is 2.62 bits per heavy atom. The van der Waals surface area contributed by atoms with Crippen LogP contribution in [0.5, 0.6) is 0 Å². The van der Waals surface area contributed by atoms with Crippen LogP contribution in [0.3, 0.4) is 0 Å². The van der Waals surface area contributed by atoms with Crippen molar-refractivity contribution < 1.29 is 17.6 Å². The standard InChI is InChI=1S/C22H20ClFN6O3S/c1-29(13-16-5-3-4-10-25-16)34(32,33)28-15-6-8-17-20(12-15)27-30(2)21(17)22(31)26-14-7-9-19(24)18(23)11-14/h3-12,28H,13H2,1-2H3,(H,26,31). The van der Waals surface area contributed by atoms with E-state index < -0.39 is 21.9 Å². The molecule has 1 amide bonds. The predicted octanol–water partition coefficient (Wildman–Crippen LogP) is 3.80. The number of carbonyl (C=O) groups is 1. The minimum Gasteiger partial charge on any atom is -0.321 e. The van der Waals surface area contributed by atoms with Crippen molar-refractivity contribution in [1.29, 1.82) is 0 Å². The first kappa shape index (κ1) is 23.6. The van der Waals surface area contributed by atoms with Gasteiger partial charge in [0.2, 0.25) is 0 Å². The lowest BCUT2D eigenvalue weighted by atomic mass is 10.2. The van der Waals surface area contributed by atoms with Crippen LogP contribution >= 0.6 is 11.6 Å². The van der Waals surface area contributed by atoms with Crippen molar-refractivity contribution in [3.05, 3.63) is 83.0 Å². The summed E-state index contributed by atoms with van der Waals surface area (Å²) in [6, 6.07) is 13.8. The highest BCUT2D eigenvalue weighted by molar-refractivity contribution is 7.90. The van der Waals surface area contributed by atoms with Gasteiger partial charge in [-0.1, -0.05) is 17.7 Å². The quantitative estimate of drug-likeness (QED) is 0.399. The smallest absolute Gasteiger partial charge is 0.301 e. The minimum atomic E-state index is -3.86. The van der Waals surface area contributed by atoms with E-state index in [1.54, 1.807) is 43.6 Å². The molecular weight excluding hydrogens is 483 g/mol. The summed E-state index contributed by atoms with van der Waals surface area (Å²) in [5.41, 5.74) is 1.88. The molecular formula is C22H20ClFN6O3S. The molecule has 0 fully saturated rings. The number of amides is 1. The molecule has 2 N–H and O–H groups in total. The highest BCUT2D eigenvalue weighted by Crippen LogP contribution is 2.25. The van der Waals surface area contributed by atoms with E-state index in [1.165, 1.54) is 29.9 Å². The number of carbonyl (C=O) groups excluding carboxylic acids is 1. The van der Waals surface area contributed by atoms with E-state index >= 15 is 0 Å². The van der Waals surface area contributed by atoms with Crippen molar-refractivity contribution in [2.24, 2.45) is 7.05 Å². The molecule has 2 aromatic heterocycles. The van der Waals surface area contributed by atoms with E-state index in [1.807, 2.05) is 0 Å². The molecule has 0 spiro atoms. The first-order valence-corrected chi connectivity index (χ1v) is 11.8. The molecule has 4 rings (SSSR count). The Bertz CT molecular complexity index is 1480. The number of fused-ring (bicyclic) bond motifs is 1. The van der Waals surface area contributed by atoms with Crippen molar-refractivity contribution >= 4 is 50.0 Å². The second kappa shape index (κ2) is 9.37. The summed E-state index contributed by atoms with van der Waals surface area (Å²) >= 11 is 5.78. The zero-order valence-corrected chi connectivity index (χ0v) is 19.7. The molecule has 12 heteroatoms. The number of halogens is 2. The molecule has 4 aromatic rings. The van der Waals surface area contributed by atoms with Crippen molar-refractivity contribution in [3.63, 3.8) is 0 Å². The summed E-state index contributed by atoms with van der Waals surface area (Å²) in [7, 11) is -0.823. The molecule has 0 aliphatic heterocycles. The van der Waals surface area contributed by atoms with Gasteiger partial charge in [0.15, 0.2) is 0 Å². The Morgan fingerprint density at radius 1 is 1.15 bits per heavy atom. The summed E-state index contributed by atoms with van der Waals surface area (Å²) in [6.45, 7) is 0.0970. The highest BCUT2D eigenvalue weighted by Gasteiger charge is 2.21. The molecule has 0 atom stereocenters. The number of benzene rings is 2. The largest absolute Gasteiger partial charge is 0.321 e. The van der Waals surface area contributed by atoms with E-state index in [0.29, 0.717) is 22.3 Å². The van der Waals surface area contributed by atoms with Crippen molar-refractivity contribution in [3.8, 4) is 0 Å². The van der Waals surface area contributed by atoms with Gasteiger partial charge in [0.1, 0.15) is 11.5 Å². The Kier molecular flexibility index (Phi) is 6.51. The van der Waals surface area contributed by atoms with Crippen molar-refractivity contribution in [1.82, 2.24) is 19.1 Å². The summed E-state index contributed by atoms with van der Waals surface area (Å²) < 4.78 is 43.9. The Labute approximate surface area is 200 Å². The summed E-state index contributed by atoms with van der Waals surface area (Å²) in [5.74, 6) is -1.07. The number of nitrogens with zero attached hydrogens (tertiary/aromatic N) is 4. The number of hydrogen-bond acceptors (Lipinski definition) is 5. The molecule has 2 aromatic carbocycles. The van der Waals surface area contributed by atoms with Crippen LogP contribution in [0, 0.1) is 5.82 Å². The fourth-order valence-electron chi connectivity index (χ4n) is 3.33. The van der Waals surface area contributed by atoms with E-state index in [9.17, 15) is 17.6 Å². The van der Waals surface area contributed by atoms with Crippen LogP contribution in [0.15, 0.2) is 60.8 Å². The normalized spacial score (nSPS) is 11.7. The zero-order valence-electron chi connectivity index (χ0n) is 18.2. The monoisotopic (exact) mass is 502 g/mol. The topological polar surface area (TPSA) is 109 Å². The van der Waals surface area contributed by atoms with Crippen LogP contribution in [0.2, 0.25) is 5.02 Å². The molecule has 34 heavy (non-hydrogen) atoms. The van der Waals surface area contributed by atoms with E-state index in [0.717, 1.165) is 10.4 Å². The highest BCUT2D eigenvalue weighted by atomic mass is 35.5. The van der Waals surface area contributed by atoms with E-state index in [4.69, 9.17) is 11.6 Å². The molecule has 0 radical (unpaired) electrons. The van der Waals surface area contributed by atoms with Crippen molar-refractivity contribution in [2.45, 2.75) is 6.54 Å². The number of anilines is 2. The number of hydrogen-bond donors (Lipinski definition) is 2. The number of pyridine rings is 1. The molecule has 2 heterocycles. The minimum absolute atomic E-state index is 0.0970. The van der Waals surface area contributed by atoms with Gasteiger partial charge in [-0.2, -0.15) is 17.8 Å². The number of aromatic nitrogens is 3. The maximum absolute atomic E-state index is 13.4. The molecule has 0 bridgehead atoms. The fourth-order valence-corrected chi connectivity index (χ4v) is 4.39. The van der Waals surface area contributed by atoms with Crippen LogP contribution < -0.4 is 10.0 Å². The van der Waals surface area contributed by atoms with Crippen molar-refractivity contribution in [2.75, 3.05) is 17.1 Å². The first-order valence-electron chi connectivity index (χ1n) is 10.0. The summed E-state index contributed by atoms with van der Waals surface area (Å²) in [6.07, 6.45) is 1.59. The molecule has 9 nitrogen and oxygen atoms in total. The van der Waals surface area contributed by atoms with Gasteiger partial charge < -0.3 is 5.32 Å². The summed E-state index contributed by atoms with van der Waals surface area (Å²) in [4.78, 5) is 17.0. The van der Waals surface area contributed by atoms with Crippen LogP contribution in [0.1, 0.15) is 16.2 Å². The van der Waals surface area contributed by atoms with E-state index in [-0.39, 0.29) is 22.9 Å². The number of aryl methyl sites for hydroxylation is 1. The third-order valence-electron chi connectivity index (χ3n) is 4.99. The van der Waals surface area contributed by atoms with E-state index in [2.05, 4.69) is 20.1 Å². The van der Waals surface area contributed by atoms with Gasteiger partial charge >= 0.3 is 10.2 Å². The van der Waals surface area contributed by atoms with Crippen LogP contribution in [-0.2, 0) is 23.8 Å². The van der Waals surface area contributed by atoms with Crippen LogP contribution in [0.25, 0.3) is 10.9 Å². The molecule has 0 aliphatic carbocycles. The first-order chi connectivity index (χ1) is 16.1. The average molecular weight is 503 g/mol. The fraction of sp³-hybridized carbons (Fsp3) is 0.136. The van der Waals surface area contributed by atoms with Gasteiger partial charge in [-0.05, 0) is 48.5 Å². The Hall–Kier alpha value is -3.54. The van der Waals surface area contributed by atoms with Gasteiger partial charge in [-0.3, -0.25) is 19.2 Å². The third-order valence-corrected chi connectivity index (χ3v) is 6.73. The van der Waals surface area contributed by atoms with Crippen LogP contribution in [0.4, 0.5) is 15.8 Å². The SMILES string of the molecule is CN(Cc1ccccn1)S(=O)(=O)Nc1ccc2c(C(=O)Nc3ccc(F)c(Cl)c3)n(C)nc2c1. The second-order valence-corrected chi connectivity index (χ2v) is 9.66. The summed E-state index contributed by atoms with van der Waals surface area (Å²) in [5, 5.41) is 7.38. The van der Waals surface area contributed by atoms with Gasteiger partial charge in [0.05, 0.1) is 28.5 Å². The molecule has 0 aliphatic rings. The molecule has 0 saturated carbocycles. The lowest BCUT2D eigenvalue weighted by molar-refractivity contribution is 0.101. The van der Waals surface area contributed by atoms with Gasteiger partial charge in [-0.15, -0.1) is 0 Å². The Balaban J connectivity index is 1.54.